The molecule has 19 heavy (non-hydrogen) atoms. The van der Waals surface area contributed by atoms with E-state index in [9.17, 15) is 4.79 Å². The molecule has 0 spiro atoms. The summed E-state index contributed by atoms with van der Waals surface area (Å²) in [6.07, 6.45) is 5.62. The monoisotopic (exact) mass is 262 g/mol. The minimum Gasteiger partial charge on any atom is -0.481 e. The van der Waals surface area contributed by atoms with Gasteiger partial charge in [-0.05, 0) is 25.5 Å². The van der Waals surface area contributed by atoms with E-state index >= 15 is 0 Å². The lowest BCUT2D eigenvalue weighted by Gasteiger charge is -2.13. The fourth-order valence-corrected chi connectivity index (χ4v) is 1.45. The summed E-state index contributed by atoms with van der Waals surface area (Å²) in [6, 6.07) is 6.54. The number of rotatable bonds is 6. The highest BCUT2D eigenvalue weighted by molar-refractivity contribution is 5.89. The molecular formula is C14H18N2O3. The molecule has 1 aromatic carbocycles. The van der Waals surface area contributed by atoms with E-state index in [2.05, 4.69) is 16.6 Å². The van der Waals surface area contributed by atoms with Crippen LogP contribution in [0.25, 0.3) is 0 Å². The van der Waals surface area contributed by atoms with Crippen LogP contribution < -0.4 is 15.4 Å². The van der Waals surface area contributed by atoms with Crippen molar-refractivity contribution < 1.29 is 14.6 Å². The van der Waals surface area contributed by atoms with E-state index in [4.69, 9.17) is 16.3 Å². The third kappa shape index (κ3) is 5.80. The zero-order chi connectivity index (χ0) is 14.1. The molecule has 0 heterocycles. The Morgan fingerprint density at radius 3 is 3.05 bits per heavy atom. The van der Waals surface area contributed by atoms with Gasteiger partial charge in [0.15, 0.2) is 0 Å². The fraction of sp³-hybridized carbons (Fsp3) is 0.357. The molecule has 1 aromatic rings. The molecule has 102 valence electrons. The Morgan fingerprint density at radius 1 is 1.58 bits per heavy atom. The van der Waals surface area contributed by atoms with E-state index in [1.54, 1.807) is 24.3 Å². The number of anilines is 1. The van der Waals surface area contributed by atoms with Crippen molar-refractivity contribution in [1.29, 1.82) is 0 Å². The molecule has 2 amide bonds. The largest absolute Gasteiger partial charge is 0.481 e. The van der Waals surface area contributed by atoms with Gasteiger partial charge in [0.25, 0.3) is 0 Å². The quantitative estimate of drug-likeness (QED) is 0.682. The lowest BCUT2D eigenvalue weighted by molar-refractivity contribution is 0.241. The molecule has 0 aliphatic rings. The standard InChI is InChI=1S/C14H18N2O3/c1-3-9-19-13-6-4-5-12(10-13)16-14(18)15-11(2)7-8-17/h1,4-6,10-11,17H,7-9H2,2H3,(H2,15,16,18)/t11-/m1/s1. The lowest BCUT2D eigenvalue weighted by Crippen LogP contribution is -2.36. The molecule has 0 saturated heterocycles. The minimum atomic E-state index is -0.324. The summed E-state index contributed by atoms with van der Waals surface area (Å²) >= 11 is 0. The van der Waals surface area contributed by atoms with E-state index in [-0.39, 0.29) is 25.3 Å². The Bertz CT molecular complexity index is 454. The fourth-order valence-electron chi connectivity index (χ4n) is 1.45. The summed E-state index contributed by atoms with van der Waals surface area (Å²) in [6.45, 7) is 2.04. The number of aliphatic hydroxyl groups excluding tert-OH is 1. The number of terminal acetylenes is 1. The normalized spacial score (nSPS) is 11.2. The maximum atomic E-state index is 11.6. The van der Waals surface area contributed by atoms with E-state index in [0.717, 1.165) is 0 Å². The second-order valence-electron chi connectivity index (χ2n) is 4.03. The van der Waals surface area contributed by atoms with Crippen LogP contribution in [0.15, 0.2) is 24.3 Å². The molecule has 5 nitrogen and oxygen atoms in total. The zero-order valence-corrected chi connectivity index (χ0v) is 10.8. The summed E-state index contributed by atoms with van der Waals surface area (Å²) in [5.74, 6) is 2.97. The van der Waals surface area contributed by atoms with Gasteiger partial charge in [0.1, 0.15) is 12.4 Å². The van der Waals surface area contributed by atoms with Crippen LogP contribution in [0.5, 0.6) is 5.75 Å². The summed E-state index contributed by atoms with van der Waals surface area (Å²) in [5.41, 5.74) is 0.614. The van der Waals surface area contributed by atoms with Crippen LogP contribution >= 0.6 is 0 Å². The van der Waals surface area contributed by atoms with Crippen molar-refractivity contribution in [2.75, 3.05) is 18.5 Å². The average molecular weight is 262 g/mol. The number of carbonyl (C=O) groups is 1. The molecular weight excluding hydrogens is 244 g/mol. The van der Waals surface area contributed by atoms with Crippen molar-refractivity contribution in [2.24, 2.45) is 0 Å². The summed E-state index contributed by atoms with van der Waals surface area (Å²) < 4.78 is 5.26. The molecule has 5 heteroatoms. The summed E-state index contributed by atoms with van der Waals surface area (Å²) in [7, 11) is 0. The molecule has 0 fully saturated rings. The third-order valence-electron chi connectivity index (χ3n) is 2.35. The van der Waals surface area contributed by atoms with Gasteiger partial charge >= 0.3 is 6.03 Å². The van der Waals surface area contributed by atoms with Gasteiger partial charge in [0, 0.05) is 24.4 Å². The van der Waals surface area contributed by atoms with Crippen LogP contribution in [0.3, 0.4) is 0 Å². The van der Waals surface area contributed by atoms with Gasteiger partial charge in [-0.2, -0.15) is 0 Å². The maximum absolute atomic E-state index is 11.6. The Balaban J connectivity index is 2.52. The topological polar surface area (TPSA) is 70.6 Å². The first-order valence-corrected chi connectivity index (χ1v) is 6.00. The van der Waals surface area contributed by atoms with E-state index in [1.165, 1.54) is 0 Å². The summed E-state index contributed by atoms with van der Waals surface area (Å²) in [4.78, 5) is 11.6. The van der Waals surface area contributed by atoms with Gasteiger partial charge in [0.2, 0.25) is 0 Å². The van der Waals surface area contributed by atoms with Crippen molar-refractivity contribution >= 4 is 11.7 Å². The Labute approximate surface area is 113 Å². The van der Waals surface area contributed by atoms with E-state index in [0.29, 0.717) is 17.9 Å². The number of carbonyl (C=O) groups excluding carboxylic acids is 1. The van der Waals surface area contributed by atoms with Crippen LogP contribution in [0, 0.1) is 12.3 Å². The van der Waals surface area contributed by atoms with Crippen molar-refractivity contribution in [3.8, 4) is 18.1 Å². The Kier molecular flexibility index (Phi) is 6.27. The van der Waals surface area contributed by atoms with Gasteiger partial charge < -0.3 is 20.5 Å². The molecule has 0 aliphatic heterocycles. The predicted molar refractivity (Wildman–Crippen MR) is 74.1 cm³/mol. The lowest BCUT2D eigenvalue weighted by atomic mass is 10.2. The van der Waals surface area contributed by atoms with Gasteiger partial charge in [-0.1, -0.05) is 12.0 Å². The average Bonchev–Trinajstić information content (AvgIpc) is 2.36. The number of nitrogens with one attached hydrogen (secondary N) is 2. The van der Waals surface area contributed by atoms with Crippen molar-refractivity contribution in [3.63, 3.8) is 0 Å². The summed E-state index contributed by atoms with van der Waals surface area (Å²) in [5, 5.41) is 14.1. The van der Waals surface area contributed by atoms with Gasteiger partial charge in [-0.3, -0.25) is 0 Å². The van der Waals surface area contributed by atoms with Crippen LogP contribution in [0.2, 0.25) is 0 Å². The smallest absolute Gasteiger partial charge is 0.319 e. The van der Waals surface area contributed by atoms with Crippen LogP contribution in [0.1, 0.15) is 13.3 Å². The molecule has 3 N–H and O–H groups in total. The van der Waals surface area contributed by atoms with Gasteiger partial charge in [-0.25, -0.2) is 4.79 Å². The van der Waals surface area contributed by atoms with E-state index < -0.39 is 0 Å². The maximum Gasteiger partial charge on any atom is 0.319 e. The number of hydrogen-bond donors (Lipinski definition) is 3. The number of urea groups is 1. The van der Waals surface area contributed by atoms with Crippen LogP contribution in [-0.4, -0.2) is 30.4 Å². The number of ether oxygens (including phenoxy) is 1. The molecule has 1 atom stereocenters. The van der Waals surface area contributed by atoms with Crippen molar-refractivity contribution in [1.82, 2.24) is 5.32 Å². The SMILES string of the molecule is C#CCOc1cccc(NC(=O)N[C@H](C)CCO)c1. The second kappa shape index (κ2) is 8.01. The highest BCUT2D eigenvalue weighted by Crippen LogP contribution is 2.17. The number of benzene rings is 1. The van der Waals surface area contributed by atoms with Gasteiger partial charge in [0.05, 0.1) is 0 Å². The molecule has 0 bridgehead atoms. The predicted octanol–water partition coefficient (Wildman–Crippen LogP) is 1.59. The molecule has 0 saturated carbocycles. The second-order valence-corrected chi connectivity index (χ2v) is 4.03. The minimum absolute atomic E-state index is 0.0386. The van der Waals surface area contributed by atoms with Crippen molar-refractivity contribution in [3.05, 3.63) is 24.3 Å². The number of hydrogen-bond acceptors (Lipinski definition) is 3. The van der Waals surface area contributed by atoms with Crippen molar-refractivity contribution in [2.45, 2.75) is 19.4 Å². The van der Waals surface area contributed by atoms with E-state index in [1.807, 2.05) is 6.92 Å². The molecule has 0 aromatic heterocycles. The molecule has 0 aliphatic carbocycles. The van der Waals surface area contributed by atoms with Gasteiger partial charge in [-0.15, -0.1) is 6.42 Å². The first-order chi connectivity index (χ1) is 9.15. The number of aliphatic hydroxyl groups is 1. The molecule has 0 unspecified atom stereocenters. The first kappa shape index (κ1) is 14.9. The Hall–Kier alpha value is -2.19. The number of amides is 2. The molecule has 0 radical (unpaired) electrons. The van der Waals surface area contributed by atoms with Crippen LogP contribution in [-0.2, 0) is 0 Å². The van der Waals surface area contributed by atoms with Crippen LogP contribution in [0.4, 0.5) is 10.5 Å². The first-order valence-electron chi connectivity index (χ1n) is 6.00. The highest BCUT2D eigenvalue weighted by atomic mass is 16.5. The zero-order valence-electron chi connectivity index (χ0n) is 10.8. The molecule has 1 rings (SSSR count). The third-order valence-corrected chi connectivity index (χ3v) is 2.35. The highest BCUT2D eigenvalue weighted by Gasteiger charge is 2.07. The Morgan fingerprint density at radius 2 is 2.37 bits per heavy atom.